The third-order valence-electron chi connectivity index (χ3n) is 3.88. The van der Waals surface area contributed by atoms with Crippen LogP contribution >= 0.6 is 11.5 Å². The van der Waals surface area contributed by atoms with Crippen molar-refractivity contribution < 1.29 is 13.2 Å². The fourth-order valence-electron chi connectivity index (χ4n) is 2.53. The summed E-state index contributed by atoms with van der Waals surface area (Å²) in [5.74, 6) is -0.125. The highest BCUT2D eigenvalue weighted by Crippen LogP contribution is 2.19. The van der Waals surface area contributed by atoms with E-state index in [9.17, 15) is 13.2 Å². The summed E-state index contributed by atoms with van der Waals surface area (Å²) in [7, 11) is -3.57. The summed E-state index contributed by atoms with van der Waals surface area (Å²) in [5, 5.41) is 3.95. The minimum Gasteiger partial charge on any atom is -0.335 e. The van der Waals surface area contributed by atoms with Crippen molar-refractivity contribution in [2.24, 2.45) is 0 Å². The average Bonchev–Trinajstić information content (AvgIpc) is 3.10. The lowest BCUT2D eigenvalue weighted by atomic mass is 10.2. The average molecular weight is 367 g/mol. The van der Waals surface area contributed by atoms with Gasteiger partial charge in [0.25, 0.3) is 5.91 Å². The lowest BCUT2D eigenvalue weighted by molar-refractivity contribution is 0.0701. The first-order chi connectivity index (χ1) is 11.5. The molecule has 1 saturated heterocycles. The van der Waals surface area contributed by atoms with Gasteiger partial charge in [0.05, 0.1) is 5.69 Å². The Morgan fingerprint density at radius 1 is 1.29 bits per heavy atom. The maximum atomic E-state index is 12.6. The van der Waals surface area contributed by atoms with Crippen molar-refractivity contribution in [1.29, 1.82) is 0 Å². The molecule has 0 aromatic carbocycles. The molecular weight excluding hydrogens is 350 g/mol. The Morgan fingerprint density at radius 3 is 2.67 bits per heavy atom. The first-order valence-corrected chi connectivity index (χ1v) is 9.76. The molecule has 0 unspecified atom stereocenters. The van der Waals surface area contributed by atoms with Crippen LogP contribution in [0.15, 0.2) is 29.4 Å². The highest BCUT2D eigenvalue weighted by Gasteiger charge is 2.31. The van der Waals surface area contributed by atoms with Gasteiger partial charge in [-0.25, -0.2) is 8.42 Å². The number of hydrogen-bond donors (Lipinski definition) is 0. The molecule has 3 rings (SSSR count). The monoisotopic (exact) mass is 367 g/mol. The second kappa shape index (κ2) is 6.91. The molecule has 2 aromatic heterocycles. The number of pyridine rings is 1. The van der Waals surface area contributed by atoms with Crippen molar-refractivity contribution in [2.45, 2.75) is 18.2 Å². The van der Waals surface area contributed by atoms with Crippen molar-refractivity contribution >= 4 is 27.5 Å². The molecule has 0 aliphatic carbocycles. The Balaban J connectivity index is 1.69. The predicted molar refractivity (Wildman–Crippen MR) is 88.2 cm³/mol. The van der Waals surface area contributed by atoms with Crippen LogP contribution in [0.3, 0.4) is 0 Å². The maximum absolute atomic E-state index is 12.6. The molecule has 8 nitrogen and oxygen atoms in total. The minimum absolute atomic E-state index is 0.125. The first-order valence-electron chi connectivity index (χ1n) is 7.54. The molecule has 1 aliphatic heterocycles. The highest BCUT2D eigenvalue weighted by molar-refractivity contribution is 7.89. The van der Waals surface area contributed by atoms with Crippen LogP contribution in [0.1, 0.15) is 22.3 Å². The molecule has 10 heteroatoms. The molecule has 2 aromatic rings. The van der Waals surface area contributed by atoms with Gasteiger partial charge in [0.15, 0.2) is 0 Å². The smallest absolute Gasteiger partial charge is 0.267 e. The van der Waals surface area contributed by atoms with Crippen molar-refractivity contribution in [3.63, 3.8) is 0 Å². The molecule has 0 N–H and O–H groups in total. The zero-order valence-electron chi connectivity index (χ0n) is 13.1. The van der Waals surface area contributed by atoms with E-state index in [0.29, 0.717) is 30.1 Å². The summed E-state index contributed by atoms with van der Waals surface area (Å²) in [4.78, 5) is 18.8. The maximum Gasteiger partial charge on any atom is 0.267 e. The second-order valence-corrected chi connectivity index (χ2v) is 7.98. The Morgan fingerprint density at radius 2 is 2.04 bits per heavy atom. The zero-order chi connectivity index (χ0) is 17.2. The highest BCUT2D eigenvalue weighted by atomic mass is 32.2. The molecule has 0 spiro atoms. The van der Waals surface area contributed by atoms with Gasteiger partial charge in [-0.3, -0.25) is 9.78 Å². The van der Waals surface area contributed by atoms with E-state index in [2.05, 4.69) is 14.6 Å². The normalized spacial score (nSPS) is 16.3. The Hall–Kier alpha value is -1.91. The van der Waals surface area contributed by atoms with Crippen LogP contribution in [0.5, 0.6) is 0 Å². The summed E-state index contributed by atoms with van der Waals surface area (Å²) < 4.78 is 30.3. The van der Waals surface area contributed by atoms with Gasteiger partial charge in [0.1, 0.15) is 9.77 Å². The lowest BCUT2D eigenvalue weighted by Crippen LogP contribution is -2.50. The van der Waals surface area contributed by atoms with Gasteiger partial charge in [0.2, 0.25) is 10.0 Å². The van der Waals surface area contributed by atoms with Crippen molar-refractivity contribution in [3.8, 4) is 0 Å². The fraction of sp³-hybridized carbons (Fsp3) is 0.429. The quantitative estimate of drug-likeness (QED) is 0.787. The summed E-state index contributed by atoms with van der Waals surface area (Å²) in [5.41, 5.74) is 0.690. The van der Waals surface area contributed by atoms with Gasteiger partial charge in [-0.05, 0) is 30.1 Å². The zero-order valence-corrected chi connectivity index (χ0v) is 14.8. The summed E-state index contributed by atoms with van der Waals surface area (Å²) in [6.45, 7) is 3.14. The number of rotatable bonds is 4. The van der Waals surface area contributed by atoms with Crippen molar-refractivity contribution in [2.75, 3.05) is 26.2 Å². The lowest BCUT2D eigenvalue weighted by Gasteiger charge is -2.33. The van der Waals surface area contributed by atoms with Crippen LogP contribution in [0.2, 0.25) is 0 Å². The molecule has 1 amide bonds. The standard InChI is InChI=1S/C14H17N5O3S2/c1-2-12-13(23-17-16-12)14(20)18-6-8-19(9-7-18)24(21,22)11-4-3-5-15-10-11/h3-5,10H,2,6-9H2,1H3. The first kappa shape index (κ1) is 16.9. The predicted octanol–water partition coefficient (Wildman–Crippen LogP) is 0.642. The molecule has 24 heavy (non-hydrogen) atoms. The van der Waals surface area contributed by atoms with E-state index in [4.69, 9.17) is 0 Å². The van der Waals surface area contributed by atoms with Gasteiger partial charge >= 0.3 is 0 Å². The second-order valence-electron chi connectivity index (χ2n) is 5.29. The molecule has 1 fully saturated rings. The number of aromatic nitrogens is 3. The molecule has 3 heterocycles. The minimum atomic E-state index is -3.57. The number of amides is 1. The molecule has 0 radical (unpaired) electrons. The largest absolute Gasteiger partial charge is 0.335 e. The van der Waals surface area contributed by atoms with Crippen LogP contribution in [-0.4, -0.2) is 64.3 Å². The molecule has 1 aliphatic rings. The van der Waals surface area contributed by atoms with E-state index in [-0.39, 0.29) is 23.9 Å². The summed E-state index contributed by atoms with van der Waals surface area (Å²) in [6.07, 6.45) is 3.51. The molecule has 0 bridgehead atoms. The van der Waals surface area contributed by atoms with Crippen LogP contribution in [-0.2, 0) is 16.4 Å². The van der Waals surface area contributed by atoms with Crippen LogP contribution in [0.25, 0.3) is 0 Å². The van der Waals surface area contributed by atoms with Gasteiger partial charge < -0.3 is 4.90 Å². The van der Waals surface area contributed by atoms with Crippen molar-refractivity contribution in [1.82, 2.24) is 23.8 Å². The Kier molecular flexibility index (Phi) is 4.88. The third-order valence-corrected chi connectivity index (χ3v) is 6.52. The topological polar surface area (TPSA) is 96.4 Å². The van der Waals surface area contributed by atoms with Crippen LogP contribution in [0.4, 0.5) is 0 Å². The molecular formula is C14H17N5O3S2. The Bertz CT molecular complexity index is 814. The number of carbonyl (C=O) groups is 1. The Labute approximate surface area is 144 Å². The number of carbonyl (C=O) groups excluding carboxylic acids is 1. The summed E-state index contributed by atoms with van der Waals surface area (Å²) in [6, 6.07) is 3.12. The molecule has 128 valence electrons. The van der Waals surface area contributed by atoms with E-state index in [1.54, 1.807) is 11.0 Å². The van der Waals surface area contributed by atoms with E-state index in [0.717, 1.165) is 11.5 Å². The van der Waals surface area contributed by atoms with Gasteiger partial charge in [-0.15, -0.1) is 5.10 Å². The van der Waals surface area contributed by atoms with E-state index in [1.165, 1.54) is 22.8 Å². The van der Waals surface area contributed by atoms with Crippen molar-refractivity contribution in [3.05, 3.63) is 35.1 Å². The van der Waals surface area contributed by atoms with E-state index < -0.39 is 10.0 Å². The van der Waals surface area contributed by atoms with E-state index >= 15 is 0 Å². The van der Waals surface area contributed by atoms with Gasteiger partial charge in [0, 0.05) is 38.6 Å². The third kappa shape index (κ3) is 3.17. The van der Waals surface area contributed by atoms with Gasteiger partial charge in [-0.1, -0.05) is 11.4 Å². The van der Waals surface area contributed by atoms with Gasteiger partial charge in [-0.2, -0.15) is 4.31 Å². The summed E-state index contributed by atoms with van der Waals surface area (Å²) >= 11 is 1.09. The number of piperazine rings is 1. The number of hydrogen-bond acceptors (Lipinski definition) is 7. The fourth-order valence-corrected chi connectivity index (χ4v) is 4.63. The number of nitrogens with zero attached hydrogens (tertiary/aromatic N) is 5. The number of aryl methyl sites for hydroxylation is 1. The van der Waals surface area contributed by atoms with Crippen LogP contribution < -0.4 is 0 Å². The van der Waals surface area contributed by atoms with Crippen LogP contribution in [0, 0.1) is 0 Å². The molecule has 0 atom stereocenters. The van der Waals surface area contributed by atoms with E-state index in [1.807, 2.05) is 6.92 Å². The molecule has 0 saturated carbocycles. The SMILES string of the molecule is CCc1nnsc1C(=O)N1CCN(S(=O)(=O)c2cccnc2)CC1. The number of sulfonamides is 1.